The highest BCUT2D eigenvalue weighted by atomic mass is 32.2. The summed E-state index contributed by atoms with van der Waals surface area (Å²) in [6, 6.07) is 0. The lowest BCUT2D eigenvalue weighted by Gasteiger charge is -2.26. The Morgan fingerprint density at radius 2 is 1.73 bits per heavy atom. The Hall–Kier alpha value is -0.130. The van der Waals surface area contributed by atoms with Crippen molar-refractivity contribution in [1.29, 1.82) is 0 Å². The minimum atomic E-state index is -3.09. The monoisotopic (exact) mass is 236 g/mol. The molecule has 0 aliphatic rings. The highest BCUT2D eigenvalue weighted by molar-refractivity contribution is 7.89. The van der Waals surface area contributed by atoms with Gasteiger partial charge in [-0.1, -0.05) is 20.8 Å². The van der Waals surface area contributed by atoms with Gasteiger partial charge in [0.25, 0.3) is 0 Å². The molecule has 0 aromatic carbocycles. The Balaban J connectivity index is 4.21. The Bertz CT molecular complexity index is 268. The minimum Gasteiger partial charge on any atom is -0.330 e. The Labute approximate surface area is 93.9 Å². The van der Waals surface area contributed by atoms with Crippen molar-refractivity contribution in [3.05, 3.63) is 0 Å². The maximum absolute atomic E-state index is 11.8. The van der Waals surface area contributed by atoms with Crippen molar-refractivity contribution in [1.82, 2.24) is 4.31 Å². The fourth-order valence-electron chi connectivity index (χ4n) is 1.35. The molecule has 0 rings (SSSR count). The van der Waals surface area contributed by atoms with Gasteiger partial charge in [-0.3, -0.25) is 0 Å². The van der Waals surface area contributed by atoms with Crippen LogP contribution >= 0.6 is 0 Å². The predicted molar refractivity (Wildman–Crippen MR) is 64.2 cm³/mol. The molecule has 0 saturated heterocycles. The van der Waals surface area contributed by atoms with Gasteiger partial charge in [-0.05, 0) is 24.8 Å². The smallest absolute Gasteiger partial charge is 0.213 e. The lowest BCUT2D eigenvalue weighted by atomic mass is 9.97. The molecule has 2 N–H and O–H groups in total. The first-order chi connectivity index (χ1) is 6.69. The average Bonchev–Trinajstić information content (AvgIpc) is 2.01. The zero-order valence-corrected chi connectivity index (χ0v) is 11.1. The van der Waals surface area contributed by atoms with E-state index in [1.807, 2.05) is 20.8 Å². The Morgan fingerprint density at radius 1 is 1.20 bits per heavy atom. The van der Waals surface area contributed by atoms with Crippen LogP contribution in [-0.4, -0.2) is 38.6 Å². The van der Waals surface area contributed by atoms with Gasteiger partial charge < -0.3 is 5.73 Å². The standard InChI is InChI=1S/C10H24N2O2S/c1-10(2,3)9-12(4)15(13,14)8-6-5-7-11/h5-9,11H2,1-4H3. The summed E-state index contributed by atoms with van der Waals surface area (Å²) in [6.45, 7) is 7.19. The second-order valence-electron chi connectivity index (χ2n) is 5.13. The zero-order valence-electron chi connectivity index (χ0n) is 10.3. The zero-order chi connectivity index (χ0) is 12.1. The summed E-state index contributed by atoms with van der Waals surface area (Å²) in [4.78, 5) is 0. The third kappa shape index (κ3) is 6.87. The fraction of sp³-hybridized carbons (Fsp3) is 1.00. The summed E-state index contributed by atoms with van der Waals surface area (Å²) >= 11 is 0. The molecule has 0 bridgehead atoms. The number of rotatable bonds is 6. The van der Waals surface area contributed by atoms with Gasteiger partial charge in [0.1, 0.15) is 0 Å². The van der Waals surface area contributed by atoms with Gasteiger partial charge in [0, 0.05) is 13.6 Å². The fourth-order valence-corrected chi connectivity index (χ4v) is 2.82. The number of unbranched alkanes of at least 4 members (excludes halogenated alkanes) is 1. The van der Waals surface area contributed by atoms with E-state index in [-0.39, 0.29) is 11.2 Å². The van der Waals surface area contributed by atoms with Crippen LogP contribution in [0.5, 0.6) is 0 Å². The summed E-state index contributed by atoms with van der Waals surface area (Å²) in [5, 5.41) is 0. The van der Waals surface area contributed by atoms with Gasteiger partial charge in [-0.2, -0.15) is 0 Å². The molecule has 0 atom stereocenters. The number of sulfonamides is 1. The first kappa shape index (κ1) is 14.9. The lowest BCUT2D eigenvalue weighted by Crippen LogP contribution is -2.36. The molecular weight excluding hydrogens is 212 g/mol. The average molecular weight is 236 g/mol. The second-order valence-corrected chi connectivity index (χ2v) is 7.32. The van der Waals surface area contributed by atoms with Crippen LogP contribution in [0.4, 0.5) is 0 Å². The molecule has 0 unspecified atom stereocenters. The Kier molecular flexibility index (Phi) is 5.77. The van der Waals surface area contributed by atoms with E-state index in [9.17, 15) is 8.42 Å². The van der Waals surface area contributed by atoms with Gasteiger partial charge in [0.05, 0.1) is 5.75 Å². The van der Waals surface area contributed by atoms with Crippen molar-refractivity contribution in [2.75, 3.05) is 25.9 Å². The van der Waals surface area contributed by atoms with Crippen LogP contribution in [0.25, 0.3) is 0 Å². The van der Waals surface area contributed by atoms with Crippen molar-refractivity contribution in [2.45, 2.75) is 33.6 Å². The minimum absolute atomic E-state index is 0.00428. The number of hydrogen-bond acceptors (Lipinski definition) is 3. The van der Waals surface area contributed by atoms with E-state index in [4.69, 9.17) is 5.73 Å². The van der Waals surface area contributed by atoms with E-state index in [0.29, 0.717) is 19.5 Å². The van der Waals surface area contributed by atoms with Crippen molar-refractivity contribution in [3.8, 4) is 0 Å². The molecule has 15 heavy (non-hydrogen) atoms. The van der Waals surface area contributed by atoms with E-state index in [1.54, 1.807) is 7.05 Å². The summed E-state index contributed by atoms with van der Waals surface area (Å²) in [5.41, 5.74) is 5.32. The molecule has 0 radical (unpaired) electrons. The van der Waals surface area contributed by atoms with E-state index < -0.39 is 10.0 Å². The number of hydrogen-bond donors (Lipinski definition) is 1. The SMILES string of the molecule is CN(CC(C)(C)C)S(=O)(=O)CCCCN. The molecule has 5 heteroatoms. The van der Waals surface area contributed by atoms with E-state index >= 15 is 0 Å². The third-order valence-electron chi connectivity index (χ3n) is 2.03. The molecule has 0 aliphatic carbocycles. The van der Waals surface area contributed by atoms with Crippen molar-refractivity contribution in [3.63, 3.8) is 0 Å². The molecule has 0 spiro atoms. The van der Waals surface area contributed by atoms with Crippen LogP contribution in [0.1, 0.15) is 33.6 Å². The first-order valence-electron chi connectivity index (χ1n) is 5.33. The number of nitrogens with zero attached hydrogens (tertiary/aromatic N) is 1. The third-order valence-corrected chi connectivity index (χ3v) is 3.91. The molecule has 0 amide bonds. The van der Waals surface area contributed by atoms with Crippen LogP contribution in [0, 0.1) is 5.41 Å². The summed E-state index contributed by atoms with van der Waals surface area (Å²) in [5.74, 6) is 0.205. The van der Waals surface area contributed by atoms with E-state index in [1.165, 1.54) is 4.31 Å². The quantitative estimate of drug-likeness (QED) is 0.701. The summed E-state index contributed by atoms with van der Waals surface area (Å²) in [6.07, 6.45) is 1.41. The van der Waals surface area contributed by atoms with Crippen LogP contribution in [0.15, 0.2) is 0 Å². The van der Waals surface area contributed by atoms with Gasteiger partial charge in [-0.25, -0.2) is 12.7 Å². The molecule has 0 aromatic rings. The highest BCUT2D eigenvalue weighted by Gasteiger charge is 2.22. The van der Waals surface area contributed by atoms with Gasteiger partial charge in [0.15, 0.2) is 0 Å². The molecule has 0 fully saturated rings. The largest absolute Gasteiger partial charge is 0.330 e. The molecule has 0 aliphatic heterocycles. The van der Waals surface area contributed by atoms with E-state index in [0.717, 1.165) is 6.42 Å². The first-order valence-corrected chi connectivity index (χ1v) is 6.94. The van der Waals surface area contributed by atoms with E-state index in [2.05, 4.69) is 0 Å². The lowest BCUT2D eigenvalue weighted by molar-refractivity contribution is 0.310. The van der Waals surface area contributed by atoms with Crippen LogP contribution in [0.2, 0.25) is 0 Å². The maximum Gasteiger partial charge on any atom is 0.213 e. The molecule has 0 aromatic heterocycles. The van der Waals surface area contributed by atoms with Gasteiger partial charge in [-0.15, -0.1) is 0 Å². The van der Waals surface area contributed by atoms with Crippen LogP contribution < -0.4 is 5.73 Å². The second kappa shape index (κ2) is 5.82. The van der Waals surface area contributed by atoms with Gasteiger partial charge in [0.2, 0.25) is 10.0 Å². The number of nitrogens with two attached hydrogens (primary N) is 1. The van der Waals surface area contributed by atoms with Crippen LogP contribution in [0.3, 0.4) is 0 Å². The molecule has 92 valence electrons. The molecular formula is C10H24N2O2S. The molecule has 4 nitrogen and oxygen atoms in total. The van der Waals surface area contributed by atoms with Crippen molar-refractivity contribution in [2.24, 2.45) is 11.1 Å². The molecule has 0 heterocycles. The topological polar surface area (TPSA) is 63.4 Å². The maximum atomic E-state index is 11.8. The normalized spacial score (nSPS) is 13.5. The molecule has 0 saturated carbocycles. The van der Waals surface area contributed by atoms with Crippen molar-refractivity contribution >= 4 is 10.0 Å². The predicted octanol–water partition coefficient (Wildman–Crippen LogP) is 1.03. The summed E-state index contributed by atoms with van der Waals surface area (Å²) < 4.78 is 25.0. The van der Waals surface area contributed by atoms with Gasteiger partial charge >= 0.3 is 0 Å². The summed E-state index contributed by atoms with van der Waals surface area (Å²) in [7, 11) is -1.45. The highest BCUT2D eigenvalue weighted by Crippen LogP contribution is 2.16. The van der Waals surface area contributed by atoms with Crippen molar-refractivity contribution < 1.29 is 8.42 Å². The Morgan fingerprint density at radius 3 is 2.13 bits per heavy atom. The van der Waals surface area contributed by atoms with Crippen LogP contribution in [-0.2, 0) is 10.0 Å².